The van der Waals surface area contributed by atoms with Gasteiger partial charge in [-0.05, 0) is 49.7 Å². The van der Waals surface area contributed by atoms with E-state index in [1.165, 1.54) is 33.1 Å². The van der Waals surface area contributed by atoms with Crippen molar-refractivity contribution in [3.05, 3.63) is 58.9 Å². The number of ether oxygens (including phenoxy) is 1. The van der Waals surface area contributed by atoms with E-state index < -0.39 is 17.2 Å². The highest BCUT2D eigenvalue weighted by Crippen LogP contribution is 2.28. The van der Waals surface area contributed by atoms with Crippen LogP contribution in [0.1, 0.15) is 19.4 Å². The van der Waals surface area contributed by atoms with Crippen LogP contribution >= 0.6 is 11.6 Å². The van der Waals surface area contributed by atoms with Gasteiger partial charge in [0.15, 0.2) is 0 Å². The first-order chi connectivity index (χ1) is 12.2. The van der Waals surface area contributed by atoms with Gasteiger partial charge in [-0.2, -0.15) is 0 Å². The van der Waals surface area contributed by atoms with Crippen molar-refractivity contribution < 1.29 is 18.7 Å². The zero-order valence-electron chi connectivity index (χ0n) is 14.7. The fourth-order valence-corrected chi connectivity index (χ4v) is 2.40. The van der Waals surface area contributed by atoms with Gasteiger partial charge in [-0.1, -0.05) is 23.7 Å². The minimum atomic E-state index is -1.31. The molecule has 2 amide bonds. The zero-order valence-corrected chi connectivity index (χ0v) is 15.5. The van der Waals surface area contributed by atoms with Crippen molar-refractivity contribution in [2.45, 2.75) is 20.4 Å². The summed E-state index contributed by atoms with van der Waals surface area (Å²) >= 11 is 6.04. The van der Waals surface area contributed by atoms with E-state index in [4.69, 9.17) is 16.3 Å². The molecule has 0 unspecified atom stereocenters. The first kappa shape index (κ1) is 19.7. The van der Waals surface area contributed by atoms with Crippen molar-refractivity contribution in [3.8, 4) is 5.75 Å². The molecular formula is C19H20ClFN2O3. The van der Waals surface area contributed by atoms with Crippen LogP contribution in [-0.4, -0.2) is 18.9 Å². The van der Waals surface area contributed by atoms with E-state index in [1.807, 2.05) is 0 Å². The molecule has 5 nitrogen and oxygen atoms in total. The highest BCUT2D eigenvalue weighted by Gasteiger charge is 2.36. The van der Waals surface area contributed by atoms with Gasteiger partial charge in [0.25, 0.3) is 0 Å². The van der Waals surface area contributed by atoms with Crippen molar-refractivity contribution in [3.63, 3.8) is 0 Å². The van der Waals surface area contributed by atoms with Crippen molar-refractivity contribution in [2.24, 2.45) is 5.41 Å². The van der Waals surface area contributed by atoms with Gasteiger partial charge in [-0.3, -0.25) is 9.59 Å². The summed E-state index contributed by atoms with van der Waals surface area (Å²) in [5.41, 5.74) is -0.120. The van der Waals surface area contributed by atoms with Crippen LogP contribution < -0.4 is 15.4 Å². The van der Waals surface area contributed by atoms with Crippen LogP contribution in [-0.2, 0) is 16.1 Å². The molecule has 0 heterocycles. The highest BCUT2D eigenvalue weighted by molar-refractivity contribution is 6.32. The second kappa shape index (κ2) is 8.19. The fourth-order valence-electron chi connectivity index (χ4n) is 2.14. The van der Waals surface area contributed by atoms with Crippen LogP contribution in [0.25, 0.3) is 0 Å². The van der Waals surface area contributed by atoms with E-state index in [0.29, 0.717) is 16.5 Å². The molecule has 0 radical (unpaired) electrons. The number of rotatable bonds is 6. The third-order valence-corrected chi connectivity index (χ3v) is 4.21. The van der Waals surface area contributed by atoms with E-state index in [-0.39, 0.29) is 12.4 Å². The summed E-state index contributed by atoms with van der Waals surface area (Å²) in [6.07, 6.45) is 0. The molecule has 0 aliphatic rings. The van der Waals surface area contributed by atoms with E-state index in [9.17, 15) is 14.0 Å². The van der Waals surface area contributed by atoms with Crippen LogP contribution in [0.2, 0.25) is 5.02 Å². The lowest BCUT2D eigenvalue weighted by molar-refractivity contribution is -0.138. The van der Waals surface area contributed by atoms with Crippen molar-refractivity contribution >= 4 is 29.1 Å². The number of methoxy groups -OCH3 is 1. The summed E-state index contributed by atoms with van der Waals surface area (Å²) in [4.78, 5) is 24.9. The molecule has 0 atom stereocenters. The lowest BCUT2D eigenvalue weighted by Crippen LogP contribution is -2.44. The highest BCUT2D eigenvalue weighted by atomic mass is 35.5. The van der Waals surface area contributed by atoms with Gasteiger partial charge in [-0.25, -0.2) is 4.39 Å². The molecule has 0 aromatic heterocycles. The summed E-state index contributed by atoms with van der Waals surface area (Å²) < 4.78 is 18.0. The summed E-state index contributed by atoms with van der Waals surface area (Å²) in [5.74, 6) is -0.784. The number of anilines is 1. The molecule has 0 fully saturated rings. The van der Waals surface area contributed by atoms with Crippen molar-refractivity contribution in [2.75, 3.05) is 12.4 Å². The largest absolute Gasteiger partial charge is 0.495 e. The number of carbonyl (C=O) groups excluding carboxylic acids is 2. The smallest absolute Gasteiger partial charge is 0.239 e. The number of hydrogen-bond donors (Lipinski definition) is 2. The Balaban J connectivity index is 2.00. The van der Waals surface area contributed by atoms with E-state index in [2.05, 4.69) is 10.6 Å². The number of amides is 2. The fraction of sp³-hybridized carbons (Fsp3) is 0.263. The Morgan fingerprint density at radius 1 is 1.12 bits per heavy atom. The van der Waals surface area contributed by atoms with Gasteiger partial charge in [0.2, 0.25) is 11.8 Å². The van der Waals surface area contributed by atoms with Gasteiger partial charge < -0.3 is 15.4 Å². The molecule has 2 aromatic rings. The lowest BCUT2D eigenvalue weighted by atomic mass is 9.90. The average molecular weight is 379 g/mol. The Hall–Kier alpha value is -2.60. The van der Waals surface area contributed by atoms with Crippen LogP contribution in [0.15, 0.2) is 42.5 Å². The predicted molar refractivity (Wildman–Crippen MR) is 98.7 cm³/mol. The zero-order chi connectivity index (χ0) is 19.3. The normalized spacial score (nSPS) is 11.0. The Morgan fingerprint density at radius 3 is 2.35 bits per heavy atom. The lowest BCUT2D eigenvalue weighted by Gasteiger charge is -2.23. The Bertz CT molecular complexity index is 807. The quantitative estimate of drug-likeness (QED) is 0.752. The van der Waals surface area contributed by atoms with E-state index >= 15 is 0 Å². The number of hydrogen-bond acceptors (Lipinski definition) is 3. The van der Waals surface area contributed by atoms with Gasteiger partial charge in [-0.15, -0.1) is 0 Å². The first-order valence-corrected chi connectivity index (χ1v) is 8.29. The molecule has 26 heavy (non-hydrogen) atoms. The number of halogens is 2. The number of carbonyl (C=O) groups is 2. The minimum absolute atomic E-state index is 0.199. The molecular weight excluding hydrogens is 359 g/mol. The second-order valence-corrected chi connectivity index (χ2v) is 6.64. The molecule has 0 aliphatic heterocycles. The first-order valence-electron chi connectivity index (χ1n) is 7.92. The minimum Gasteiger partial charge on any atom is -0.495 e. The molecule has 0 bridgehead atoms. The third kappa shape index (κ3) is 4.73. The molecule has 0 aliphatic carbocycles. The van der Waals surface area contributed by atoms with Crippen LogP contribution in [0, 0.1) is 11.2 Å². The summed E-state index contributed by atoms with van der Waals surface area (Å²) in [7, 11) is 1.49. The molecule has 7 heteroatoms. The molecule has 138 valence electrons. The molecule has 2 rings (SSSR count). The Morgan fingerprint density at radius 2 is 1.77 bits per heavy atom. The molecule has 2 N–H and O–H groups in total. The van der Waals surface area contributed by atoms with Gasteiger partial charge >= 0.3 is 0 Å². The van der Waals surface area contributed by atoms with Gasteiger partial charge in [0.05, 0.1) is 12.1 Å². The monoisotopic (exact) mass is 378 g/mol. The third-order valence-electron chi connectivity index (χ3n) is 3.91. The standard InChI is InChI=1S/C19H20ClFN2O3/c1-19(2,17(24)22-11-12-4-6-13(21)7-5-12)18(25)23-14-8-9-16(26-3)15(20)10-14/h4-10H,11H2,1-3H3,(H,22,24)(H,23,25). The molecule has 0 saturated heterocycles. The molecule has 2 aromatic carbocycles. The van der Waals surface area contributed by atoms with Crippen molar-refractivity contribution in [1.82, 2.24) is 5.32 Å². The van der Waals surface area contributed by atoms with Crippen LogP contribution in [0.3, 0.4) is 0 Å². The molecule has 0 spiro atoms. The van der Waals surface area contributed by atoms with E-state index in [1.54, 1.807) is 30.3 Å². The average Bonchev–Trinajstić information content (AvgIpc) is 2.61. The summed E-state index contributed by atoms with van der Waals surface area (Å²) in [5, 5.41) is 5.71. The summed E-state index contributed by atoms with van der Waals surface area (Å²) in [6, 6.07) is 10.6. The maximum Gasteiger partial charge on any atom is 0.239 e. The SMILES string of the molecule is COc1ccc(NC(=O)C(C)(C)C(=O)NCc2ccc(F)cc2)cc1Cl. The maximum atomic E-state index is 12.9. The number of nitrogens with one attached hydrogen (secondary N) is 2. The predicted octanol–water partition coefficient (Wildman–Crippen LogP) is 3.77. The summed E-state index contributed by atoms with van der Waals surface area (Å²) in [6.45, 7) is 3.24. The van der Waals surface area contributed by atoms with E-state index in [0.717, 1.165) is 5.56 Å². The van der Waals surface area contributed by atoms with Gasteiger partial charge in [0.1, 0.15) is 17.0 Å². The maximum absolute atomic E-state index is 12.9. The van der Waals surface area contributed by atoms with Crippen LogP contribution in [0.4, 0.5) is 10.1 Å². The Labute approximate surface area is 156 Å². The van der Waals surface area contributed by atoms with Crippen molar-refractivity contribution in [1.29, 1.82) is 0 Å². The number of benzene rings is 2. The van der Waals surface area contributed by atoms with Gasteiger partial charge in [0, 0.05) is 12.2 Å². The second-order valence-electron chi connectivity index (χ2n) is 6.24. The Kier molecular flexibility index (Phi) is 6.21. The topological polar surface area (TPSA) is 67.4 Å². The van der Waals surface area contributed by atoms with Crippen LogP contribution in [0.5, 0.6) is 5.75 Å². The molecule has 0 saturated carbocycles.